The van der Waals surface area contributed by atoms with E-state index in [0.717, 1.165) is 11.1 Å². The van der Waals surface area contributed by atoms with Gasteiger partial charge < -0.3 is 35.2 Å². The number of nitrogens with zero attached hydrogens (tertiary/aromatic N) is 2. The van der Waals surface area contributed by atoms with Crippen molar-refractivity contribution in [3.63, 3.8) is 0 Å². The molecule has 5 rings (SSSR count). The highest BCUT2D eigenvalue weighted by molar-refractivity contribution is 5.96. The highest BCUT2D eigenvalue weighted by atomic mass is 16.4. The largest absolute Gasteiger partial charge is 0.483 e. The number of carbonyl (C=O) groups is 5. The summed E-state index contributed by atoms with van der Waals surface area (Å²) in [5.74, 6) is -0.681. The van der Waals surface area contributed by atoms with Gasteiger partial charge in [-0.3, -0.25) is 24.0 Å². The van der Waals surface area contributed by atoms with Gasteiger partial charge in [-0.2, -0.15) is 0 Å². The molecule has 0 fully saturated rings. The van der Waals surface area contributed by atoms with Gasteiger partial charge in [0, 0.05) is 18.5 Å². The van der Waals surface area contributed by atoms with Crippen molar-refractivity contribution in [2.75, 3.05) is 6.54 Å². The smallest absolute Gasteiger partial charge is 0.290 e. The minimum Gasteiger partial charge on any atom is -0.483 e. The van der Waals surface area contributed by atoms with E-state index in [0.29, 0.717) is 49.6 Å². The highest BCUT2D eigenvalue weighted by Crippen LogP contribution is 2.22. The van der Waals surface area contributed by atoms with Crippen molar-refractivity contribution >= 4 is 30.1 Å². The Bertz CT molecular complexity index is 1690. The van der Waals surface area contributed by atoms with Gasteiger partial charge in [-0.15, -0.1) is 0 Å². The molecule has 0 spiro atoms. The summed E-state index contributed by atoms with van der Waals surface area (Å²) in [6.45, 7) is 3.49. The molecule has 2 bridgehead atoms. The first-order valence-corrected chi connectivity index (χ1v) is 15.5. The van der Waals surface area contributed by atoms with E-state index in [-0.39, 0.29) is 36.3 Å². The zero-order chi connectivity index (χ0) is 34.5. The third kappa shape index (κ3) is 9.85. The molecule has 14 nitrogen and oxygen atoms in total. The molecule has 5 N–H and O–H groups in total. The number of aryl methyl sites for hydroxylation is 1. The first-order chi connectivity index (χ1) is 23.2. The van der Waals surface area contributed by atoms with E-state index in [2.05, 4.69) is 31.2 Å². The Morgan fingerprint density at radius 1 is 1.00 bits per heavy atom. The standard InChI is InChI=1S/C33H36N6O6.CH2O2/c1-20-32-39-27(19-44-32)31(43)37-26(17-22-11-5-3-6-12-22)29(41)34-16-10-9-15-24(30(42)35-20)36-28(40)18-25-21(2)45-33(38-25)23-13-7-4-8-14-23;2-1-3/h3-8,11-14,19-20,24,26H,9-10,15-18H2,1-2H3,(H,34,41)(H,35,42)(H,36,40)(H,37,43);1H,(H,2,3)/t20-,24-,26-;/m0./s1. The van der Waals surface area contributed by atoms with E-state index in [1.165, 1.54) is 6.26 Å². The van der Waals surface area contributed by atoms with E-state index in [4.69, 9.17) is 18.7 Å². The average molecular weight is 659 g/mol. The lowest BCUT2D eigenvalue weighted by Gasteiger charge is -2.21. The fourth-order valence-electron chi connectivity index (χ4n) is 5.03. The summed E-state index contributed by atoms with van der Waals surface area (Å²) in [4.78, 5) is 69.7. The lowest BCUT2D eigenvalue weighted by Crippen LogP contribution is -2.49. The zero-order valence-electron chi connectivity index (χ0n) is 26.6. The SMILES string of the molecule is Cc1oc(-c2ccccc2)nc1CC(=O)N[C@H]1CCCCNC(=O)[C@H](Cc2ccccc2)NC(=O)c2coc(n2)[C@H](C)NC1=O.O=CO. The normalized spacial score (nSPS) is 18.7. The van der Waals surface area contributed by atoms with Crippen LogP contribution in [-0.2, 0) is 32.0 Å². The average Bonchev–Trinajstić information content (AvgIpc) is 3.72. The summed E-state index contributed by atoms with van der Waals surface area (Å²) < 4.78 is 11.3. The van der Waals surface area contributed by atoms with Crippen molar-refractivity contribution in [1.29, 1.82) is 0 Å². The van der Waals surface area contributed by atoms with Gasteiger partial charge in [-0.25, -0.2) is 9.97 Å². The fraction of sp³-hybridized carbons (Fsp3) is 0.324. The molecule has 0 unspecified atom stereocenters. The van der Waals surface area contributed by atoms with Crippen molar-refractivity contribution in [3.05, 3.63) is 95.5 Å². The molecule has 14 heteroatoms. The minimum absolute atomic E-state index is 0.0215. The summed E-state index contributed by atoms with van der Waals surface area (Å²) >= 11 is 0. The second-order valence-electron chi connectivity index (χ2n) is 11.1. The Morgan fingerprint density at radius 2 is 1.69 bits per heavy atom. The Kier molecular flexibility index (Phi) is 12.6. The predicted octanol–water partition coefficient (Wildman–Crippen LogP) is 2.88. The molecular formula is C34H38N6O8. The van der Waals surface area contributed by atoms with Gasteiger partial charge in [0.05, 0.1) is 12.1 Å². The second kappa shape index (κ2) is 17.2. The molecule has 0 radical (unpaired) electrons. The molecule has 1 aliphatic rings. The number of nitrogens with one attached hydrogen (secondary N) is 4. The number of hydrogen-bond acceptors (Lipinski definition) is 9. The number of carboxylic acid groups (broad SMARTS) is 1. The number of oxazole rings is 2. The van der Waals surface area contributed by atoms with Gasteiger partial charge in [0.1, 0.15) is 30.1 Å². The maximum absolute atomic E-state index is 13.3. The lowest BCUT2D eigenvalue weighted by molar-refractivity contribution is -0.129. The molecular weight excluding hydrogens is 620 g/mol. The number of fused-ring (bicyclic) bond motifs is 2. The van der Waals surface area contributed by atoms with Crippen LogP contribution in [0.2, 0.25) is 0 Å². The molecule has 0 saturated heterocycles. The Labute approximate surface area is 276 Å². The topological polar surface area (TPSA) is 206 Å². The van der Waals surface area contributed by atoms with Gasteiger partial charge in [0.25, 0.3) is 12.4 Å². The quantitative estimate of drug-likeness (QED) is 0.192. The van der Waals surface area contributed by atoms with Crippen LogP contribution in [0.15, 0.2) is 75.8 Å². The van der Waals surface area contributed by atoms with E-state index in [1.807, 2.05) is 60.7 Å². The van der Waals surface area contributed by atoms with Crippen LogP contribution >= 0.6 is 0 Å². The predicted molar refractivity (Wildman–Crippen MR) is 172 cm³/mol. The molecule has 2 aromatic heterocycles. The first-order valence-electron chi connectivity index (χ1n) is 15.5. The zero-order valence-corrected chi connectivity index (χ0v) is 26.6. The maximum Gasteiger partial charge on any atom is 0.290 e. The minimum atomic E-state index is -0.868. The van der Waals surface area contributed by atoms with Gasteiger partial charge in [0.15, 0.2) is 5.69 Å². The second-order valence-corrected chi connectivity index (χ2v) is 11.1. The number of hydrogen-bond donors (Lipinski definition) is 5. The van der Waals surface area contributed by atoms with Crippen LogP contribution in [0, 0.1) is 6.92 Å². The van der Waals surface area contributed by atoms with E-state index >= 15 is 0 Å². The van der Waals surface area contributed by atoms with Crippen LogP contribution in [0.1, 0.15) is 65.6 Å². The lowest BCUT2D eigenvalue weighted by atomic mass is 10.0. The number of aromatic nitrogens is 2. The number of rotatable bonds is 6. The fourth-order valence-corrected chi connectivity index (χ4v) is 5.03. The molecule has 0 aliphatic carbocycles. The molecule has 48 heavy (non-hydrogen) atoms. The number of benzene rings is 2. The van der Waals surface area contributed by atoms with Gasteiger partial charge in [0.2, 0.25) is 29.5 Å². The molecule has 4 aromatic rings. The van der Waals surface area contributed by atoms with Gasteiger partial charge in [-0.05, 0) is 50.8 Å². The molecule has 4 amide bonds. The monoisotopic (exact) mass is 658 g/mol. The summed E-state index contributed by atoms with van der Waals surface area (Å²) in [6.07, 6.45) is 2.82. The van der Waals surface area contributed by atoms with Gasteiger partial charge in [-0.1, -0.05) is 48.5 Å². The first kappa shape index (κ1) is 35.1. The van der Waals surface area contributed by atoms with E-state index in [9.17, 15) is 19.2 Å². The van der Waals surface area contributed by atoms with Crippen LogP contribution in [0.4, 0.5) is 0 Å². The summed E-state index contributed by atoms with van der Waals surface area (Å²) in [5.41, 5.74) is 2.14. The number of carbonyl (C=O) groups excluding carboxylic acids is 4. The van der Waals surface area contributed by atoms with E-state index < -0.39 is 29.9 Å². The van der Waals surface area contributed by atoms with Crippen LogP contribution in [0.25, 0.3) is 11.5 Å². The Balaban J connectivity index is 0.00000167. The molecule has 2 aromatic carbocycles. The molecule has 0 saturated carbocycles. The van der Waals surface area contributed by atoms with Crippen LogP contribution < -0.4 is 21.3 Å². The highest BCUT2D eigenvalue weighted by Gasteiger charge is 2.28. The van der Waals surface area contributed by atoms with Crippen molar-refractivity contribution in [3.8, 4) is 11.5 Å². The van der Waals surface area contributed by atoms with Crippen LogP contribution in [-0.4, -0.2) is 63.8 Å². The van der Waals surface area contributed by atoms with Gasteiger partial charge >= 0.3 is 0 Å². The molecule has 3 atom stereocenters. The van der Waals surface area contributed by atoms with Crippen molar-refractivity contribution in [2.45, 2.75) is 64.1 Å². The summed E-state index contributed by atoms with van der Waals surface area (Å²) in [5, 5.41) is 18.2. The molecule has 1 aliphatic heterocycles. The third-order valence-electron chi connectivity index (χ3n) is 7.50. The molecule has 3 heterocycles. The summed E-state index contributed by atoms with van der Waals surface area (Å²) in [7, 11) is 0. The van der Waals surface area contributed by atoms with Crippen molar-refractivity contribution in [2.24, 2.45) is 0 Å². The Morgan fingerprint density at radius 3 is 2.40 bits per heavy atom. The van der Waals surface area contributed by atoms with Crippen LogP contribution in [0.5, 0.6) is 0 Å². The maximum atomic E-state index is 13.3. The number of amides is 4. The van der Waals surface area contributed by atoms with Crippen molar-refractivity contribution < 1.29 is 37.9 Å². The molecule has 252 valence electrons. The third-order valence-corrected chi connectivity index (χ3v) is 7.50. The van der Waals surface area contributed by atoms with E-state index in [1.54, 1.807) is 13.8 Å². The Hall–Kier alpha value is -5.79. The van der Waals surface area contributed by atoms with Crippen LogP contribution in [0.3, 0.4) is 0 Å². The summed E-state index contributed by atoms with van der Waals surface area (Å²) in [6, 6.07) is 16.4. The van der Waals surface area contributed by atoms with Crippen molar-refractivity contribution in [1.82, 2.24) is 31.2 Å².